The van der Waals surface area contributed by atoms with Gasteiger partial charge in [-0.15, -0.1) is 0 Å². The molecule has 0 spiro atoms. The Bertz CT molecular complexity index is 712. The van der Waals surface area contributed by atoms with Crippen LogP contribution in [0.2, 0.25) is 0 Å². The molecule has 2 rings (SSSR count). The molecule has 0 radical (unpaired) electrons. The molecule has 0 aliphatic heterocycles. The number of nitrogens with zero attached hydrogens (tertiary/aromatic N) is 1. The van der Waals surface area contributed by atoms with E-state index in [-0.39, 0.29) is 5.75 Å². The summed E-state index contributed by atoms with van der Waals surface area (Å²) in [7, 11) is 1.51. The van der Waals surface area contributed by atoms with Crippen LogP contribution in [-0.2, 0) is 0 Å². The predicted octanol–water partition coefficient (Wildman–Crippen LogP) is 5.29. The molecule has 0 atom stereocenters. The lowest BCUT2D eigenvalue weighted by molar-refractivity contribution is 0.372. The highest BCUT2D eigenvalue weighted by Crippen LogP contribution is 2.39. The molecule has 0 saturated heterocycles. The average Bonchev–Trinajstić information content (AvgIpc) is 2.46. The fourth-order valence-corrected chi connectivity index (χ4v) is 2.66. The number of phenolic OH excluding ortho intramolecular Hbond substituents is 1. The van der Waals surface area contributed by atoms with Crippen molar-refractivity contribution in [2.24, 2.45) is 4.99 Å². The molecule has 0 bridgehead atoms. The maximum atomic E-state index is 10.2. The molecule has 0 fully saturated rings. The van der Waals surface area contributed by atoms with Crippen LogP contribution in [0.5, 0.6) is 11.5 Å². The minimum Gasteiger partial charge on any atom is -0.504 e. The fraction of sp³-hybridized carbons (Fsp3) is 0.188. The number of halogens is 2. The molecule has 0 unspecified atom stereocenters. The Morgan fingerprint density at radius 1 is 1.14 bits per heavy atom. The number of aryl methyl sites for hydroxylation is 2. The molecule has 0 aromatic heterocycles. The van der Waals surface area contributed by atoms with Crippen LogP contribution in [0, 0.1) is 13.8 Å². The minimum atomic E-state index is 0.0557. The van der Waals surface area contributed by atoms with E-state index in [9.17, 15) is 5.11 Å². The third-order valence-electron chi connectivity index (χ3n) is 3.25. The molecule has 1 N–H and O–H groups in total. The summed E-state index contributed by atoms with van der Waals surface area (Å²) in [6.45, 7) is 4.11. The van der Waals surface area contributed by atoms with Gasteiger partial charge in [0.2, 0.25) is 0 Å². The molecule has 21 heavy (non-hydrogen) atoms. The first kappa shape index (κ1) is 16.0. The van der Waals surface area contributed by atoms with Crippen molar-refractivity contribution in [3.8, 4) is 11.5 Å². The van der Waals surface area contributed by atoms with Crippen molar-refractivity contribution < 1.29 is 9.84 Å². The first-order valence-electron chi connectivity index (χ1n) is 6.30. The minimum absolute atomic E-state index is 0.0557. The van der Waals surface area contributed by atoms with Crippen LogP contribution in [0.1, 0.15) is 16.7 Å². The summed E-state index contributed by atoms with van der Waals surface area (Å²) in [5.41, 5.74) is 3.81. The fourth-order valence-electron chi connectivity index (χ4n) is 1.83. The zero-order chi connectivity index (χ0) is 15.6. The largest absolute Gasteiger partial charge is 0.504 e. The van der Waals surface area contributed by atoms with Crippen LogP contribution in [0.25, 0.3) is 0 Å². The quantitative estimate of drug-likeness (QED) is 0.695. The van der Waals surface area contributed by atoms with Gasteiger partial charge in [0.1, 0.15) is 0 Å². The van der Waals surface area contributed by atoms with Gasteiger partial charge in [-0.3, -0.25) is 4.99 Å². The maximum Gasteiger partial charge on any atom is 0.167 e. The number of ether oxygens (including phenoxy) is 1. The van der Waals surface area contributed by atoms with Gasteiger partial charge in [-0.25, -0.2) is 0 Å². The summed E-state index contributed by atoms with van der Waals surface area (Å²) in [5, 5.41) is 10.2. The Balaban J connectivity index is 2.45. The lowest BCUT2D eigenvalue weighted by atomic mass is 10.1. The summed E-state index contributed by atoms with van der Waals surface area (Å²) in [6, 6.07) is 7.68. The van der Waals surface area contributed by atoms with E-state index in [1.54, 1.807) is 12.3 Å². The van der Waals surface area contributed by atoms with Crippen molar-refractivity contribution in [1.29, 1.82) is 0 Å². The van der Waals surface area contributed by atoms with Crippen molar-refractivity contribution in [1.82, 2.24) is 0 Å². The van der Waals surface area contributed by atoms with E-state index in [0.29, 0.717) is 11.3 Å². The highest BCUT2D eigenvalue weighted by molar-refractivity contribution is 9.13. The molecule has 2 aromatic carbocycles. The predicted molar refractivity (Wildman–Crippen MR) is 93.2 cm³/mol. The second-order valence-electron chi connectivity index (χ2n) is 4.66. The smallest absolute Gasteiger partial charge is 0.167 e. The van der Waals surface area contributed by atoms with E-state index in [1.165, 1.54) is 18.2 Å². The molecule has 0 heterocycles. The molecular weight excluding hydrogens is 398 g/mol. The van der Waals surface area contributed by atoms with Gasteiger partial charge in [0.05, 0.1) is 18.4 Å². The van der Waals surface area contributed by atoms with Gasteiger partial charge < -0.3 is 9.84 Å². The first-order chi connectivity index (χ1) is 9.93. The molecule has 5 heteroatoms. The molecule has 110 valence electrons. The third-order valence-corrected chi connectivity index (χ3v) is 5.26. The topological polar surface area (TPSA) is 41.8 Å². The Morgan fingerprint density at radius 3 is 2.48 bits per heavy atom. The van der Waals surface area contributed by atoms with Crippen LogP contribution >= 0.6 is 31.9 Å². The van der Waals surface area contributed by atoms with Crippen molar-refractivity contribution in [2.75, 3.05) is 7.11 Å². The summed E-state index contributed by atoms with van der Waals surface area (Å²) < 4.78 is 6.67. The van der Waals surface area contributed by atoms with Gasteiger partial charge in [-0.2, -0.15) is 0 Å². The van der Waals surface area contributed by atoms with E-state index < -0.39 is 0 Å². The Morgan fingerprint density at radius 2 is 1.86 bits per heavy atom. The number of rotatable bonds is 3. The SMILES string of the molecule is COc1cc(Br)c(Br)c(C=Nc2ccc(C)c(C)c2)c1O. The zero-order valence-electron chi connectivity index (χ0n) is 11.9. The highest BCUT2D eigenvalue weighted by Gasteiger charge is 2.14. The molecule has 0 aliphatic carbocycles. The van der Waals surface area contributed by atoms with Gasteiger partial charge in [0, 0.05) is 15.2 Å². The Labute approximate surface area is 140 Å². The molecule has 0 saturated carbocycles. The second-order valence-corrected chi connectivity index (χ2v) is 6.31. The van der Waals surface area contributed by atoms with E-state index in [0.717, 1.165) is 14.6 Å². The van der Waals surface area contributed by atoms with Gasteiger partial charge >= 0.3 is 0 Å². The van der Waals surface area contributed by atoms with Gasteiger partial charge in [0.25, 0.3) is 0 Å². The number of aromatic hydroxyl groups is 1. The average molecular weight is 413 g/mol. The monoisotopic (exact) mass is 411 g/mol. The van der Waals surface area contributed by atoms with Gasteiger partial charge in [-0.1, -0.05) is 6.07 Å². The summed E-state index contributed by atoms with van der Waals surface area (Å²) >= 11 is 6.86. The second kappa shape index (κ2) is 6.62. The number of hydrogen-bond donors (Lipinski definition) is 1. The number of benzene rings is 2. The summed E-state index contributed by atoms with van der Waals surface area (Å²) in [4.78, 5) is 4.43. The number of hydrogen-bond acceptors (Lipinski definition) is 3. The van der Waals surface area contributed by atoms with Crippen molar-refractivity contribution in [3.05, 3.63) is 49.9 Å². The molecule has 2 aromatic rings. The van der Waals surface area contributed by atoms with E-state index >= 15 is 0 Å². The number of phenols is 1. The van der Waals surface area contributed by atoms with Gasteiger partial charge in [0.15, 0.2) is 11.5 Å². The third kappa shape index (κ3) is 3.47. The van der Waals surface area contributed by atoms with Crippen LogP contribution < -0.4 is 4.74 Å². The Hall–Kier alpha value is -1.33. The number of aliphatic imine (C=N–C) groups is 1. The maximum absolute atomic E-state index is 10.2. The lowest BCUT2D eigenvalue weighted by Crippen LogP contribution is -1.92. The normalized spacial score (nSPS) is 11.1. The molecular formula is C16H15Br2NO2. The first-order valence-corrected chi connectivity index (χ1v) is 7.89. The summed E-state index contributed by atoms with van der Waals surface area (Å²) in [6.07, 6.45) is 1.62. The highest BCUT2D eigenvalue weighted by atomic mass is 79.9. The lowest BCUT2D eigenvalue weighted by Gasteiger charge is -2.09. The van der Waals surface area contributed by atoms with Gasteiger partial charge in [-0.05, 0) is 75.0 Å². The molecule has 0 aliphatic rings. The Kier molecular flexibility index (Phi) is 5.06. The van der Waals surface area contributed by atoms with Crippen molar-refractivity contribution >= 4 is 43.8 Å². The zero-order valence-corrected chi connectivity index (χ0v) is 15.1. The van der Waals surface area contributed by atoms with Crippen LogP contribution in [0.4, 0.5) is 5.69 Å². The van der Waals surface area contributed by atoms with Crippen molar-refractivity contribution in [3.63, 3.8) is 0 Å². The van der Waals surface area contributed by atoms with Crippen molar-refractivity contribution in [2.45, 2.75) is 13.8 Å². The standard InChI is InChI=1S/C16H15Br2NO2/c1-9-4-5-11(6-10(9)2)19-8-12-15(18)13(17)7-14(21-3)16(12)20/h4-8,20H,1-3H3. The summed E-state index contributed by atoms with van der Waals surface area (Å²) in [5.74, 6) is 0.451. The van der Waals surface area contributed by atoms with Crippen LogP contribution in [0.3, 0.4) is 0 Å². The van der Waals surface area contributed by atoms with E-state index in [2.05, 4.69) is 43.8 Å². The molecule has 0 amide bonds. The van der Waals surface area contributed by atoms with Crippen LogP contribution in [0.15, 0.2) is 38.2 Å². The number of methoxy groups -OCH3 is 1. The van der Waals surface area contributed by atoms with E-state index in [4.69, 9.17) is 4.74 Å². The molecule has 3 nitrogen and oxygen atoms in total. The van der Waals surface area contributed by atoms with Crippen LogP contribution in [-0.4, -0.2) is 18.4 Å². The van der Waals surface area contributed by atoms with E-state index in [1.807, 2.05) is 25.1 Å².